The van der Waals surface area contributed by atoms with Gasteiger partial charge in [-0.05, 0) is 51.0 Å². The van der Waals surface area contributed by atoms with E-state index in [9.17, 15) is 0 Å². The molecular formula is C13H22N2O. The van der Waals surface area contributed by atoms with Crippen LogP contribution in [0.3, 0.4) is 0 Å². The fraction of sp³-hybridized carbons (Fsp3) is 0.692. The molecule has 1 N–H and O–H groups in total. The molecule has 0 spiro atoms. The summed E-state index contributed by atoms with van der Waals surface area (Å²) in [6.45, 7) is 6.78. The Kier molecular flexibility index (Phi) is 4.43. The van der Waals surface area contributed by atoms with Crippen molar-refractivity contribution in [1.82, 2.24) is 10.2 Å². The number of furan rings is 1. The maximum atomic E-state index is 5.33. The lowest BCUT2D eigenvalue weighted by atomic mass is 10.1. The molecule has 0 bridgehead atoms. The van der Waals surface area contributed by atoms with Crippen LogP contribution in [0.5, 0.6) is 0 Å². The van der Waals surface area contributed by atoms with Gasteiger partial charge in [0.1, 0.15) is 5.76 Å². The first-order chi connectivity index (χ1) is 7.88. The molecule has 16 heavy (non-hydrogen) atoms. The highest BCUT2D eigenvalue weighted by atomic mass is 16.3. The predicted octanol–water partition coefficient (Wildman–Crippen LogP) is 2.24. The molecule has 2 heterocycles. The number of rotatable bonds is 4. The summed E-state index contributed by atoms with van der Waals surface area (Å²) in [5.41, 5.74) is 0. The van der Waals surface area contributed by atoms with Gasteiger partial charge in [-0.15, -0.1) is 0 Å². The lowest BCUT2D eigenvalue weighted by molar-refractivity contribution is 0.296. The fourth-order valence-electron chi connectivity index (χ4n) is 2.33. The Balaban J connectivity index is 1.73. The summed E-state index contributed by atoms with van der Waals surface area (Å²) in [4.78, 5) is 2.54. The first-order valence-corrected chi connectivity index (χ1v) is 6.36. The average Bonchev–Trinajstić information content (AvgIpc) is 2.72. The summed E-state index contributed by atoms with van der Waals surface area (Å²) in [5, 5.41) is 3.59. The maximum absolute atomic E-state index is 5.33. The topological polar surface area (TPSA) is 28.4 Å². The molecule has 0 aliphatic carbocycles. The van der Waals surface area contributed by atoms with E-state index in [1.54, 1.807) is 6.26 Å². The predicted molar refractivity (Wildman–Crippen MR) is 65.3 cm³/mol. The molecule has 1 aromatic heterocycles. The summed E-state index contributed by atoms with van der Waals surface area (Å²) in [5.74, 6) is 1.04. The van der Waals surface area contributed by atoms with Crippen LogP contribution in [0.2, 0.25) is 0 Å². The van der Waals surface area contributed by atoms with Crippen LogP contribution in [0.4, 0.5) is 0 Å². The molecule has 0 radical (unpaired) electrons. The van der Waals surface area contributed by atoms with Crippen molar-refractivity contribution in [3.63, 3.8) is 0 Å². The second-order valence-electron chi connectivity index (χ2n) is 4.52. The van der Waals surface area contributed by atoms with Crippen molar-refractivity contribution < 1.29 is 4.42 Å². The first kappa shape index (κ1) is 11.7. The van der Waals surface area contributed by atoms with Gasteiger partial charge in [0.25, 0.3) is 0 Å². The van der Waals surface area contributed by atoms with E-state index in [-0.39, 0.29) is 0 Å². The molecule has 2 rings (SSSR count). The number of nitrogens with zero attached hydrogens (tertiary/aromatic N) is 1. The molecule has 1 aliphatic rings. The van der Waals surface area contributed by atoms with Gasteiger partial charge in [-0.1, -0.05) is 6.92 Å². The maximum Gasteiger partial charge on any atom is 0.117 e. The zero-order chi connectivity index (χ0) is 11.2. The van der Waals surface area contributed by atoms with E-state index in [1.165, 1.54) is 38.9 Å². The van der Waals surface area contributed by atoms with E-state index in [2.05, 4.69) is 17.1 Å². The van der Waals surface area contributed by atoms with Crippen LogP contribution in [-0.2, 0) is 6.54 Å². The molecule has 90 valence electrons. The molecule has 1 atom stereocenters. The zero-order valence-corrected chi connectivity index (χ0v) is 10.1. The summed E-state index contributed by atoms with van der Waals surface area (Å²) >= 11 is 0. The molecule has 3 heteroatoms. The largest absolute Gasteiger partial charge is 0.468 e. The van der Waals surface area contributed by atoms with Gasteiger partial charge in [0.15, 0.2) is 0 Å². The highest BCUT2D eigenvalue weighted by Gasteiger charge is 2.15. The van der Waals surface area contributed by atoms with Gasteiger partial charge in [0.2, 0.25) is 0 Å². The van der Waals surface area contributed by atoms with Gasteiger partial charge in [0.05, 0.1) is 12.8 Å². The van der Waals surface area contributed by atoms with Crippen LogP contribution in [0.15, 0.2) is 22.8 Å². The standard InChI is InChI=1S/C13H22N2O/c1-2-15-8-3-5-12(7-9-15)14-11-13-6-4-10-16-13/h4,6,10,12,14H,2-3,5,7-9,11H2,1H3. The summed E-state index contributed by atoms with van der Waals surface area (Å²) in [7, 11) is 0. The van der Waals surface area contributed by atoms with Crippen LogP contribution in [0.25, 0.3) is 0 Å². The fourth-order valence-corrected chi connectivity index (χ4v) is 2.33. The van der Waals surface area contributed by atoms with Gasteiger partial charge >= 0.3 is 0 Å². The Hall–Kier alpha value is -0.800. The molecule has 0 aromatic carbocycles. The third kappa shape index (κ3) is 3.35. The zero-order valence-electron chi connectivity index (χ0n) is 10.1. The lowest BCUT2D eigenvalue weighted by Crippen LogP contribution is -2.30. The number of hydrogen-bond acceptors (Lipinski definition) is 3. The quantitative estimate of drug-likeness (QED) is 0.847. The van der Waals surface area contributed by atoms with Crippen molar-refractivity contribution in [3.8, 4) is 0 Å². The van der Waals surface area contributed by atoms with Crippen LogP contribution < -0.4 is 5.32 Å². The highest BCUT2D eigenvalue weighted by Crippen LogP contribution is 2.11. The van der Waals surface area contributed by atoms with Gasteiger partial charge < -0.3 is 14.6 Å². The van der Waals surface area contributed by atoms with Gasteiger partial charge in [-0.25, -0.2) is 0 Å². The van der Waals surface area contributed by atoms with Crippen molar-refractivity contribution in [2.45, 2.75) is 38.8 Å². The highest BCUT2D eigenvalue weighted by molar-refractivity contribution is 4.97. The summed E-state index contributed by atoms with van der Waals surface area (Å²) in [6.07, 6.45) is 5.60. The molecule has 0 saturated carbocycles. The van der Waals surface area contributed by atoms with Crippen LogP contribution in [0, 0.1) is 0 Å². The Morgan fingerprint density at radius 1 is 1.44 bits per heavy atom. The van der Waals surface area contributed by atoms with Gasteiger partial charge in [0, 0.05) is 6.04 Å². The molecule has 1 unspecified atom stereocenters. The third-order valence-electron chi connectivity index (χ3n) is 3.41. The Labute approximate surface area is 97.8 Å². The average molecular weight is 222 g/mol. The molecular weight excluding hydrogens is 200 g/mol. The SMILES string of the molecule is CCN1CCCC(NCc2ccco2)CC1. The summed E-state index contributed by atoms with van der Waals surface area (Å²) in [6, 6.07) is 4.63. The van der Waals surface area contributed by atoms with Crippen molar-refractivity contribution in [2.75, 3.05) is 19.6 Å². The lowest BCUT2D eigenvalue weighted by Gasteiger charge is -2.18. The molecule has 1 saturated heterocycles. The van der Waals surface area contributed by atoms with Crippen LogP contribution in [-0.4, -0.2) is 30.6 Å². The second-order valence-corrected chi connectivity index (χ2v) is 4.52. The normalized spacial score (nSPS) is 23.2. The molecule has 3 nitrogen and oxygen atoms in total. The molecule has 0 amide bonds. The van der Waals surface area contributed by atoms with E-state index < -0.39 is 0 Å². The molecule has 1 aromatic rings. The number of likely N-dealkylation sites (tertiary alicyclic amines) is 1. The minimum absolute atomic E-state index is 0.654. The van der Waals surface area contributed by atoms with E-state index in [4.69, 9.17) is 4.42 Å². The van der Waals surface area contributed by atoms with Crippen molar-refractivity contribution in [3.05, 3.63) is 24.2 Å². The Bertz CT molecular complexity index is 284. The van der Waals surface area contributed by atoms with E-state index in [0.29, 0.717) is 6.04 Å². The van der Waals surface area contributed by atoms with Crippen molar-refractivity contribution >= 4 is 0 Å². The Morgan fingerprint density at radius 3 is 3.12 bits per heavy atom. The molecule has 1 fully saturated rings. The second kappa shape index (κ2) is 6.06. The monoisotopic (exact) mass is 222 g/mol. The first-order valence-electron chi connectivity index (χ1n) is 6.36. The van der Waals surface area contributed by atoms with Crippen LogP contribution >= 0.6 is 0 Å². The van der Waals surface area contributed by atoms with Gasteiger partial charge in [-0.3, -0.25) is 0 Å². The van der Waals surface area contributed by atoms with Gasteiger partial charge in [-0.2, -0.15) is 0 Å². The van der Waals surface area contributed by atoms with Crippen molar-refractivity contribution in [1.29, 1.82) is 0 Å². The minimum atomic E-state index is 0.654. The molecule has 1 aliphatic heterocycles. The van der Waals surface area contributed by atoms with Crippen molar-refractivity contribution in [2.24, 2.45) is 0 Å². The van der Waals surface area contributed by atoms with Crippen LogP contribution in [0.1, 0.15) is 31.9 Å². The van der Waals surface area contributed by atoms with E-state index >= 15 is 0 Å². The van der Waals surface area contributed by atoms with E-state index in [0.717, 1.165) is 12.3 Å². The minimum Gasteiger partial charge on any atom is -0.468 e. The number of hydrogen-bond donors (Lipinski definition) is 1. The number of nitrogens with one attached hydrogen (secondary N) is 1. The third-order valence-corrected chi connectivity index (χ3v) is 3.41. The smallest absolute Gasteiger partial charge is 0.117 e. The summed E-state index contributed by atoms with van der Waals surface area (Å²) < 4.78 is 5.33. The van der Waals surface area contributed by atoms with E-state index in [1.807, 2.05) is 12.1 Å². The Morgan fingerprint density at radius 2 is 2.38 bits per heavy atom.